The van der Waals surface area contributed by atoms with Crippen LogP contribution in [0.3, 0.4) is 0 Å². The average Bonchev–Trinajstić information content (AvgIpc) is 2.83. The van der Waals surface area contributed by atoms with Crippen LogP contribution in [0.1, 0.15) is 23.3 Å². The zero-order chi connectivity index (χ0) is 11.4. The van der Waals surface area contributed by atoms with Crippen molar-refractivity contribution in [3.63, 3.8) is 0 Å². The summed E-state index contributed by atoms with van der Waals surface area (Å²) >= 11 is 0. The first-order valence-corrected chi connectivity index (χ1v) is 5.86. The number of ketones is 1. The Bertz CT molecular complexity index is 332. The maximum Gasteiger partial charge on any atom is 0.192 e. The Morgan fingerprint density at radius 1 is 1.53 bits per heavy atom. The van der Waals surface area contributed by atoms with Crippen molar-refractivity contribution in [1.29, 1.82) is 0 Å². The number of piperidine rings is 1. The fourth-order valence-electron chi connectivity index (χ4n) is 2.17. The third-order valence-corrected chi connectivity index (χ3v) is 3.26. The van der Waals surface area contributed by atoms with Crippen molar-refractivity contribution < 1.29 is 4.79 Å². The second-order valence-electron chi connectivity index (χ2n) is 4.35. The lowest BCUT2D eigenvalue weighted by Crippen LogP contribution is -2.43. The van der Waals surface area contributed by atoms with E-state index in [1.165, 1.54) is 0 Å². The number of rotatable bonds is 4. The molecule has 0 radical (unpaired) electrons. The molecule has 0 aliphatic carbocycles. The molecule has 2 heterocycles. The molecule has 0 aromatic carbocycles. The van der Waals surface area contributed by atoms with E-state index < -0.39 is 0 Å². The van der Waals surface area contributed by atoms with Crippen molar-refractivity contribution in [2.75, 3.05) is 26.7 Å². The lowest BCUT2D eigenvalue weighted by atomic mass is 10.1. The minimum atomic E-state index is 0. The molecule has 2 N–H and O–H groups in total. The monoisotopic (exact) mass is 257 g/mol. The van der Waals surface area contributed by atoms with Gasteiger partial charge >= 0.3 is 0 Å². The Hall–Kier alpha value is -0.840. The summed E-state index contributed by atoms with van der Waals surface area (Å²) in [5, 5.41) is 3.29. The molecule has 1 aromatic rings. The molecule has 5 heteroatoms. The summed E-state index contributed by atoms with van der Waals surface area (Å²) in [4.78, 5) is 17.0. The van der Waals surface area contributed by atoms with Gasteiger partial charge in [-0.2, -0.15) is 0 Å². The smallest absolute Gasteiger partial charge is 0.192 e. The highest BCUT2D eigenvalue weighted by Crippen LogP contribution is 2.10. The standard InChI is InChI=1S/C12H19N3O.ClH/c1-13-10-4-7-15(8-5-10)9-12(16)11-3-2-6-14-11;/h2-3,6,10,13-14H,4-5,7-9H2,1H3;1H. The molecule has 1 aliphatic heterocycles. The summed E-state index contributed by atoms with van der Waals surface area (Å²) in [6.07, 6.45) is 4.06. The lowest BCUT2D eigenvalue weighted by molar-refractivity contribution is 0.0901. The third-order valence-electron chi connectivity index (χ3n) is 3.26. The number of aromatic nitrogens is 1. The van der Waals surface area contributed by atoms with E-state index in [4.69, 9.17) is 0 Å². The van der Waals surface area contributed by atoms with Crippen LogP contribution in [-0.2, 0) is 0 Å². The first-order valence-electron chi connectivity index (χ1n) is 5.86. The molecule has 2 rings (SSSR count). The van der Waals surface area contributed by atoms with Gasteiger partial charge in [-0.1, -0.05) is 0 Å². The molecule has 1 aliphatic rings. The van der Waals surface area contributed by atoms with E-state index in [1.54, 1.807) is 6.20 Å². The number of nitrogens with one attached hydrogen (secondary N) is 2. The van der Waals surface area contributed by atoms with Crippen LogP contribution in [0.2, 0.25) is 0 Å². The van der Waals surface area contributed by atoms with Crippen LogP contribution in [0, 0.1) is 0 Å². The minimum absolute atomic E-state index is 0. The highest BCUT2D eigenvalue weighted by molar-refractivity contribution is 5.95. The quantitative estimate of drug-likeness (QED) is 0.800. The Kier molecular flexibility index (Phi) is 5.68. The first-order chi connectivity index (χ1) is 7.79. The maximum absolute atomic E-state index is 11.8. The normalized spacial score (nSPS) is 17.7. The summed E-state index contributed by atoms with van der Waals surface area (Å²) < 4.78 is 0. The number of carbonyl (C=O) groups is 1. The van der Waals surface area contributed by atoms with Crippen molar-refractivity contribution in [3.8, 4) is 0 Å². The van der Waals surface area contributed by atoms with E-state index in [9.17, 15) is 4.79 Å². The summed E-state index contributed by atoms with van der Waals surface area (Å²) in [5.74, 6) is 0.188. The Balaban J connectivity index is 0.00000144. The van der Waals surface area contributed by atoms with Gasteiger partial charge in [0.2, 0.25) is 0 Å². The molecule has 0 amide bonds. The van der Waals surface area contributed by atoms with Crippen LogP contribution in [0.5, 0.6) is 0 Å². The highest BCUT2D eigenvalue weighted by atomic mass is 35.5. The number of carbonyl (C=O) groups excluding carboxylic acids is 1. The van der Waals surface area contributed by atoms with Crippen molar-refractivity contribution >= 4 is 18.2 Å². The number of nitrogens with zero attached hydrogens (tertiary/aromatic N) is 1. The number of Topliss-reactive ketones (excluding diaryl/α,β-unsaturated/α-hetero) is 1. The summed E-state index contributed by atoms with van der Waals surface area (Å²) in [7, 11) is 2.00. The highest BCUT2D eigenvalue weighted by Gasteiger charge is 2.20. The molecule has 0 saturated carbocycles. The molecule has 96 valence electrons. The van der Waals surface area contributed by atoms with Crippen LogP contribution in [0.25, 0.3) is 0 Å². The van der Waals surface area contributed by atoms with Gasteiger partial charge in [0.25, 0.3) is 0 Å². The van der Waals surface area contributed by atoms with E-state index in [2.05, 4.69) is 15.2 Å². The van der Waals surface area contributed by atoms with Crippen LogP contribution in [-0.4, -0.2) is 48.4 Å². The maximum atomic E-state index is 11.8. The van der Waals surface area contributed by atoms with Gasteiger partial charge in [-0.25, -0.2) is 0 Å². The van der Waals surface area contributed by atoms with Gasteiger partial charge in [-0.15, -0.1) is 12.4 Å². The molecule has 0 spiro atoms. The molecule has 0 bridgehead atoms. The predicted molar refractivity (Wildman–Crippen MR) is 70.9 cm³/mol. The fourth-order valence-corrected chi connectivity index (χ4v) is 2.17. The molecule has 0 unspecified atom stereocenters. The lowest BCUT2D eigenvalue weighted by Gasteiger charge is -2.31. The molecular formula is C12H20ClN3O. The molecule has 0 atom stereocenters. The first kappa shape index (κ1) is 14.2. The number of halogens is 1. The minimum Gasteiger partial charge on any atom is -0.359 e. The molecular weight excluding hydrogens is 238 g/mol. The summed E-state index contributed by atoms with van der Waals surface area (Å²) in [6, 6.07) is 4.32. The molecule has 1 fully saturated rings. The largest absolute Gasteiger partial charge is 0.359 e. The zero-order valence-corrected chi connectivity index (χ0v) is 10.9. The summed E-state index contributed by atoms with van der Waals surface area (Å²) in [6.45, 7) is 2.56. The third kappa shape index (κ3) is 3.84. The number of H-pyrrole nitrogens is 1. The van der Waals surface area contributed by atoms with E-state index in [1.807, 2.05) is 19.2 Å². The second kappa shape index (κ2) is 6.79. The van der Waals surface area contributed by atoms with E-state index >= 15 is 0 Å². The van der Waals surface area contributed by atoms with Gasteiger partial charge < -0.3 is 10.3 Å². The van der Waals surface area contributed by atoms with Gasteiger partial charge in [0, 0.05) is 25.3 Å². The zero-order valence-electron chi connectivity index (χ0n) is 10.1. The van der Waals surface area contributed by atoms with Crippen LogP contribution in [0.4, 0.5) is 0 Å². The van der Waals surface area contributed by atoms with Crippen LogP contribution < -0.4 is 5.32 Å². The number of hydrogen-bond acceptors (Lipinski definition) is 3. The van der Waals surface area contributed by atoms with E-state index in [0.717, 1.165) is 31.6 Å². The SMILES string of the molecule is CNC1CCN(CC(=O)c2ccc[nH]2)CC1.Cl. The Morgan fingerprint density at radius 3 is 2.76 bits per heavy atom. The Morgan fingerprint density at radius 2 is 2.24 bits per heavy atom. The summed E-state index contributed by atoms with van der Waals surface area (Å²) in [5.41, 5.74) is 0.718. The predicted octanol–water partition coefficient (Wildman–Crippen LogP) is 1.30. The molecule has 17 heavy (non-hydrogen) atoms. The number of hydrogen-bond donors (Lipinski definition) is 2. The molecule has 1 aromatic heterocycles. The van der Waals surface area contributed by atoms with Gasteiger partial charge in [0.1, 0.15) is 0 Å². The van der Waals surface area contributed by atoms with E-state index in [-0.39, 0.29) is 18.2 Å². The van der Waals surface area contributed by atoms with Gasteiger partial charge in [0.05, 0.1) is 12.2 Å². The van der Waals surface area contributed by atoms with Crippen LogP contribution >= 0.6 is 12.4 Å². The number of aromatic amines is 1. The molecule has 1 saturated heterocycles. The van der Waals surface area contributed by atoms with Gasteiger partial charge in [0.15, 0.2) is 5.78 Å². The molecule has 4 nitrogen and oxygen atoms in total. The topological polar surface area (TPSA) is 48.1 Å². The number of likely N-dealkylation sites (tertiary alicyclic amines) is 1. The van der Waals surface area contributed by atoms with Crippen molar-refractivity contribution in [2.24, 2.45) is 0 Å². The van der Waals surface area contributed by atoms with Crippen molar-refractivity contribution in [1.82, 2.24) is 15.2 Å². The van der Waals surface area contributed by atoms with Crippen LogP contribution in [0.15, 0.2) is 18.3 Å². The van der Waals surface area contributed by atoms with Gasteiger partial charge in [-0.3, -0.25) is 9.69 Å². The van der Waals surface area contributed by atoms with Gasteiger partial charge in [-0.05, 0) is 32.0 Å². The van der Waals surface area contributed by atoms with E-state index in [0.29, 0.717) is 12.6 Å². The fraction of sp³-hybridized carbons (Fsp3) is 0.583. The average molecular weight is 258 g/mol. The van der Waals surface area contributed by atoms with Crippen molar-refractivity contribution in [3.05, 3.63) is 24.0 Å². The second-order valence-corrected chi connectivity index (χ2v) is 4.35. The Labute approximate surface area is 108 Å². The van der Waals surface area contributed by atoms with Crippen molar-refractivity contribution in [2.45, 2.75) is 18.9 Å².